The maximum atomic E-state index is 12.6. The molecule has 5 heteroatoms. The van der Waals surface area contributed by atoms with Gasteiger partial charge in [-0.1, -0.05) is 6.42 Å². The normalized spacial score (nSPS) is 35.4. The first-order valence-electron chi connectivity index (χ1n) is 5.38. The summed E-state index contributed by atoms with van der Waals surface area (Å²) in [6.45, 7) is -0.890. The van der Waals surface area contributed by atoms with E-state index >= 15 is 0 Å². The number of nitrogens with one attached hydrogen (secondary N) is 1. The van der Waals surface area contributed by atoms with E-state index in [0.29, 0.717) is 11.8 Å². The van der Waals surface area contributed by atoms with Gasteiger partial charge in [-0.05, 0) is 31.1 Å². The number of alkyl halides is 4. The van der Waals surface area contributed by atoms with Crippen molar-refractivity contribution in [1.29, 1.82) is 0 Å². The van der Waals surface area contributed by atoms with Gasteiger partial charge in [-0.2, -0.15) is 8.78 Å². The molecule has 0 aromatic heterocycles. The Morgan fingerprint density at radius 1 is 1.20 bits per heavy atom. The van der Waals surface area contributed by atoms with E-state index in [4.69, 9.17) is 0 Å². The largest absolute Gasteiger partial charge is 0.319 e. The topological polar surface area (TPSA) is 12.0 Å². The van der Waals surface area contributed by atoms with Crippen LogP contribution in [0.4, 0.5) is 17.6 Å². The average Bonchev–Trinajstić information content (AvgIpc) is 2.75. The van der Waals surface area contributed by atoms with Gasteiger partial charge < -0.3 is 5.32 Å². The molecule has 0 saturated heterocycles. The van der Waals surface area contributed by atoms with Crippen molar-refractivity contribution in [3.63, 3.8) is 0 Å². The van der Waals surface area contributed by atoms with Gasteiger partial charge in [0.15, 0.2) is 0 Å². The smallest absolute Gasteiger partial charge is 0.308 e. The van der Waals surface area contributed by atoms with Gasteiger partial charge in [0.1, 0.15) is 0 Å². The summed E-state index contributed by atoms with van der Waals surface area (Å²) in [5, 5.41) is 2.60. The highest BCUT2D eigenvalue weighted by Crippen LogP contribution is 2.44. The Morgan fingerprint density at radius 3 is 2.40 bits per heavy atom. The molecule has 0 spiro atoms. The van der Waals surface area contributed by atoms with Gasteiger partial charge in [0.2, 0.25) is 0 Å². The van der Waals surface area contributed by atoms with E-state index in [1.54, 1.807) is 0 Å². The van der Waals surface area contributed by atoms with E-state index < -0.39 is 18.9 Å². The lowest BCUT2D eigenvalue weighted by atomic mass is 9.95. The van der Waals surface area contributed by atoms with Crippen LogP contribution >= 0.6 is 0 Å². The molecule has 3 atom stereocenters. The van der Waals surface area contributed by atoms with Crippen LogP contribution in [0.3, 0.4) is 0 Å². The van der Waals surface area contributed by atoms with E-state index in [2.05, 4.69) is 5.32 Å². The Balaban J connectivity index is 1.79. The molecular weight excluding hydrogens is 210 g/mol. The monoisotopic (exact) mass is 225 g/mol. The zero-order chi connectivity index (χ0) is 11.1. The second-order valence-electron chi connectivity index (χ2n) is 4.72. The number of halogens is 4. The molecule has 2 aliphatic rings. The first-order valence-corrected chi connectivity index (χ1v) is 5.38. The Kier molecular flexibility index (Phi) is 2.92. The number of fused-ring (bicyclic) bond motifs is 2. The predicted molar refractivity (Wildman–Crippen MR) is 48.2 cm³/mol. The number of hydrogen-bond acceptors (Lipinski definition) is 1. The van der Waals surface area contributed by atoms with E-state index in [1.165, 1.54) is 6.42 Å². The Labute approximate surface area is 86.2 Å². The maximum Gasteiger partial charge on any atom is 0.319 e. The number of rotatable bonds is 4. The van der Waals surface area contributed by atoms with Gasteiger partial charge >= 0.3 is 12.3 Å². The fourth-order valence-corrected chi connectivity index (χ4v) is 2.84. The van der Waals surface area contributed by atoms with Crippen molar-refractivity contribution < 1.29 is 17.6 Å². The summed E-state index contributed by atoms with van der Waals surface area (Å²) in [6.07, 6.45) is 0.627. The van der Waals surface area contributed by atoms with Gasteiger partial charge in [0.25, 0.3) is 0 Å². The summed E-state index contributed by atoms with van der Waals surface area (Å²) < 4.78 is 49.0. The Bertz CT molecular complexity index is 231. The van der Waals surface area contributed by atoms with Crippen LogP contribution < -0.4 is 5.32 Å². The summed E-state index contributed by atoms with van der Waals surface area (Å²) in [4.78, 5) is 0. The molecule has 0 heterocycles. The second kappa shape index (κ2) is 3.92. The zero-order valence-corrected chi connectivity index (χ0v) is 8.36. The van der Waals surface area contributed by atoms with Crippen LogP contribution in [0.25, 0.3) is 0 Å². The van der Waals surface area contributed by atoms with Crippen molar-refractivity contribution >= 4 is 0 Å². The van der Waals surface area contributed by atoms with Crippen molar-refractivity contribution in [1.82, 2.24) is 5.32 Å². The van der Waals surface area contributed by atoms with Crippen molar-refractivity contribution in [2.75, 3.05) is 6.54 Å². The molecule has 2 bridgehead atoms. The van der Waals surface area contributed by atoms with Crippen LogP contribution in [-0.2, 0) is 0 Å². The van der Waals surface area contributed by atoms with Gasteiger partial charge in [-0.25, -0.2) is 8.78 Å². The third-order valence-electron chi connectivity index (χ3n) is 3.66. The molecule has 15 heavy (non-hydrogen) atoms. The fraction of sp³-hybridized carbons (Fsp3) is 1.00. The maximum absolute atomic E-state index is 12.6. The summed E-state index contributed by atoms with van der Waals surface area (Å²) in [7, 11) is 0. The van der Waals surface area contributed by atoms with Gasteiger partial charge in [-0.15, -0.1) is 0 Å². The molecule has 2 aliphatic carbocycles. The molecule has 0 aliphatic heterocycles. The lowest BCUT2D eigenvalue weighted by Gasteiger charge is -2.25. The highest BCUT2D eigenvalue weighted by Gasteiger charge is 2.44. The molecule has 88 valence electrons. The molecule has 0 aromatic rings. The second-order valence-corrected chi connectivity index (χ2v) is 4.72. The number of hydrogen-bond donors (Lipinski definition) is 1. The lowest BCUT2D eigenvalue weighted by molar-refractivity contribution is -0.126. The minimum absolute atomic E-state index is 0.0355. The third kappa shape index (κ3) is 2.27. The van der Waals surface area contributed by atoms with Crippen LogP contribution in [0.1, 0.15) is 25.7 Å². The minimum Gasteiger partial charge on any atom is -0.308 e. The Hall–Kier alpha value is -0.320. The molecule has 0 amide bonds. The Morgan fingerprint density at radius 2 is 1.93 bits per heavy atom. The summed E-state index contributed by atoms with van der Waals surface area (Å²) in [6, 6.07) is 0.0355. The van der Waals surface area contributed by atoms with E-state index in [9.17, 15) is 17.6 Å². The molecule has 0 radical (unpaired) electrons. The third-order valence-corrected chi connectivity index (χ3v) is 3.66. The molecular formula is C10H15F4N. The van der Waals surface area contributed by atoms with Crippen LogP contribution in [0.5, 0.6) is 0 Å². The molecule has 2 rings (SSSR count). The van der Waals surface area contributed by atoms with Crippen LogP contribution in [0.15, 0.2) is 0 Å². The minimum atomic E-state index is -3.89. The highest BCUT2D eigenvalue weighted by atomic mass is 19.3. The van der Waals surface area contributed by atoms with Crippen molar-refractivity contribution in [2.45, 2.75) is 44.1 Å². The van der Waals surface area contributed by atoms with Crippen LogP contribution in [0, 0.1) is 11.8 Å². The quantitative estimate of drug-likeness (QED) is 0.725. The van der Waals surface area contributed by atoms with Crippen LogP contribution in [0.2, 0.25) is 0 Å². The fourth-order valence-electron chi connectivity index (χ4n) is 2.84. The molecule has 2 saturated carbocycles. The summed E-state index contributed by atoms with van der Waals surface area (Å²) in [5.41, 5.74) is 0. The average molecular weight is 225 g/mol. The predicted octanol–water partition coefficient (Wildman–Crippen LogP) is 2.67. The first-order chi connectivity index (χ1) is 6.99. The van der Waals surface area contributed by atoms with Crippen LogP contribution in [-0.4, -0.2) is 24.9 Å². The molecule has 2 fully saturated rings. The molecule has 1 N–H and O–H groups in total. The molecule has 1 nitrogen and oxygen atoms in total. The summed E-state index contributed by atoms with van der Waals surface area (Å²) in [5.74, 6) is -2.82. The van der Waals surface area contributed by atoms with E-state index in [-0.39, 0.29) is 6.04 Å². The standard InChI is InChI=1S/C10H15F4N/c11-9(12)10(13,14)5-15-8-4-6-1-2-7(8)3-6/h6-9,15H,1-5H2. The highest BCUT2D eigenvalue weighted by molar-refractivity contribution is 4.94. The van der Waals surface area contributed by atoms with E-state index in [0.717, 1.165) is 19.3 Å². The molecule has 3 unspecified atom stereocenters. The van der Waals surface area contributed by atoms with Crippen molar-refractivity contribution in [3.8, 4) is 0 Å². The SMILES string of the molecule is FC(F)C(F)(F)CNC1CC2CCC1C2. The van der Waals surface area contributed by atoms with Gasteiger partial charge in [-0.3, -0.25) is 0 Å². The van der Waals surface area contributed by atoms with Crippen molar-refractivity contribution in [3.05, 3.63) is 0 Å². The zero-order valence-electron chi connectivity index (χ0n) is 8.36. The van der Waals surface area contributed by atoms with Crippen molar-refractivity contribution in [2.24, 2.45) is 11.8 Å². The van der Waals surface area contributed by atoms with Gasteiger partial charge in [0.05, 0.1) is 6.54 Å². The summed E-state index contributed by atoms with van der Waals surface area (Å²) >= 11 is 0. The lowest BCUT2D eigenvalue weighted by Crippen LogP contribution is -2.45. The van der Waals surface area contributed by atoms with E-state index in [1.807, 2.05) is 0 Å². The van der Waals surface area contributed by atoms with Gasteiger partial charge in [0, 0.05) is 6.04 Å². The molecule has 0 aromatic carbocycles. The first kappa shape index (κ1) is 11.2.